The summed E-state index contributed by atoms with van der Waals surface area (Å²) in [6, 6.07) is 12.9. The van der Waals surface area contributed by atoms with Crippen LogP contribution in [0.5, 0.6) is 17.2 Å². The van der Waals surface area contributed by atoms with E-state index in [1.54, 1.807) is 18.2 Å². The van der Waals surface area contributed by atoms with Crippen molar-refractivity contribution in [1.29, 1.82) is 5.26 Å². The summed E-state index contributed by atoms with van der Waals surface area (Å²) in [7, 11) is 0. The van der Waals surface area contributed by atoms with Crippen LogP contribution >= 0.6 is 0 Å². The molecule has 6 heteroatoms. The van der Waals surface area contributed by atoms with E-state index in [9.17, 15) is 4.79 Å². The molecule has 0 saturated heterocycles. The lowest BCUT2D eigenvalue weighted by molar-refractivity contribution is -0.118. The molecule has 0 aromatic heterocycles. The first-order valence-corrected chi connectivity index (χ1v) is 8.94. The fourth-order valence-corrected chi connectivity index (χ4v) is 2.94. The van der Waals surface area contributed by atoms with Gasteiger partial charge in [0.25, 0.3) is 5.91 Å². The third-order valence-electron chi connectivity index (χ3n) is 4.15. The molecule has 0 bridgehead atoms. The van der Waals surface area contributed by atoms with Gasteiger partial charge in [-0.15, -0.1) is 0 Å². The number of carbonyl (C=O) groups excluding carboxylic acids is 1. The fraction of sp³-hybridized carbons (Fsp3) is 0.333. The first-order valence-electron chi connectivity index (χ1n) is 8.94. The maximum atomic E-state index is 12.3. The van der Waals surface area contributed by atoms with Crippen LogP contribution in [0.1, 0.15) is 25.0 Å². The number of nitrogens with zero attached hydrogens (tertiary/aromatic N) is 1. The summed E-state index contributed by atoms with van der Waals surface area (Å²) in [4.78, 5) is 12.3. The molecule has 1 atom stereocenters. The Balaban J connectivity index is 1.63. The van der Waals surface area contributed by atoms with Gasteiger partial charge in [-0.3, -0.25) is 4.79 Å². The molecule has 140 valence electrons. The Labute approximate surface area is 158 Å². The topological polar surface area (TPSA) is 80.6 Å². The normalized spacial score (nSPS) is 14.6. The molecule has 1 N–H and O–H groups in total. The first-order chi connectivity index (χ1) is 13.1. The van der Waals surface area contributed by atoms with Crippen molar-refractivity contribution in [3.63, 3.8) is 0 Å². The number of hydrogen-bond acceptors (Lipinski definition) is 5. The Morgan fingerprint density at radius 3 is 2.78 bits per heavy atom. The van der Waals surface area contributed by atoms with Crippen LogP contribution in [0.25, 0.3) is 0 Å². The number of nitrogens with one attached hydrogen (secondary N) is 1. The third kappa shape index (κ3) is 4.70. The minimum atomic E-state index is -0.289. The average Bonchev–Trinajstić information content (AvgIpc) is 3.01. The second kappa shape index (κ2) is 8.45. The molecule has 0 spiro atoms. The quantitative estimate of drug-likeness (QED) is 0.811. The lowest BCUT2D eigenvalue weighted by Gasteiger charge is -2.14. The van der Waals surface area contributed by atoms with E-state index in [-0.39, 0.29) is 18.6 Å². The van der Waals surface area contributed by atoms with E-state index in [0.29, 0.717) is 30.2 Å². The van der Waals surface area contributed by atoms with E-state index < -0.39 is 0 Å². The minimum Gasteiger partial charge on any atom is -0.492 e. The maximum absolute atomic E-state index is 12.3. The van der Waals surface area contributed by atoms with E-state index >= 15 is 0 Å². The number of rotatable bonds is 7. The van der Waals surface area contributed by atoms with Crippen LogP contribution in [0.15, 0.2) is 36.4 Å². The second-order valence-electron chi connectivity index (χ2n) is 6.34. The van der Waals surface area contributed by atoms with Crippen LogP contribution in [-0.4, -0.2) is 25.2 Å². The van der Waals surface area contributed by atoms with Gasteiger partial charge in [-0.2, -0.15) is 5.26 Å². The van der Waals surface area contributed by atoms with Gasteiger partial charge in [-0.1, -0.05) is 12.1 Å². The number of ether oxygens (including phenoxy) is 3. The summed E-state index contributed by atoms with van der Waals surface area (Å²) >= 11 is 0. The predicted molar refractivity (Wildman–Crippen MR) is 101 cm³/mol. The highest BCUT2D eigenvalue weighted by atomic mass is 16.5. The Bertz CT molecular complexity index is 856. The SMILES string of the molecule is CCOc1cc2c(cc1NC(=O)COc1ccc(CC#N)cc1)OC(C)C2. The van der Waals surface area contributed by atoms with E-state index in [0.717, 1.165) is 23.3 Å². The molecule has 1 aliphatic rings. The van der Waals surface area contributed by atoms with Crippen molar-refractivity contribution in [2.75, 3.05) is 18.5 Å². The summed E-state index contributed by atoms with van der Waals surface area (Å²) in [5.41, 5.74) is 2.56. The van der Waals surface area contributed by atoms with Gasteiger partial charge in [0, 0.05) is 18.1 Å². The highest BCUT2D eigenvalue weighted by Gasteiger charge is 2.22. The zero-order chi connectivity index (χ0) is 19.2. The molecular formula is C21H22N2O4. The number of anilines is 1. The van der Waals surface area contributed by atoms with Crippen LogP contribution < -0.4 is 19.5 Å². The average molecular weight is 366 g/mol. The van der Waals surface area contributed by atoms with Crippen molar-refractivity contribution in [3.05, 3.63) is 47.5 Å². The van der Waals surface area contributed by atoms with Gasteiger partial charge >= 0.3 is 0 Å². The first kappa shape index (κ1) is 18.6. The van der Waals surface area contributed by atoms with Crippen molar-refractivity contribution in [2.45, 2.75) is 32.8 Å². The molecule has 2 aromatic carbocycles. The van der Waals surface area contributed by atoms with Gasteiger partial charge in [0.05, 0.1) is 24.8 Å². The number of fused-ring (bicyclic) bond motifs is 1. The van der Waals surface area contributed by atoms with E-state index in [1.165, 1.54) is 0 Å². The highest BCUT2D eigenvalue weighted by molar-refractivity contribution is 5.93. The summed E-state index contributed by atoms with van der Waals surface area (Å²) in [5, 5.41) is 11.5. The van der Waals surface area contributed by atoms with Crippen molar-refractivity contribution in [1.82, 2.24) is 0 Å². The molecule has 0 fully saturated rings. The third-order valence-corrected chi connectivity index (χ3v) is 4.15. The Kier molecular flexibility index (Phi) is 5.82. The van der Waals surface area contributed by atoms with Gasteiger partial charge < -0.3 is 19.5 Å². The molecule has 27 heavy (non-hydrogen) atoms. The molecule has 3 rings (SSSR count). The summed E-state index contributed by atoms with van der Waals surface area (Å²) in [6.45, 7) is 4.28. The van der Waals surface area contributed by atoms with Crippen molar-refractivity contribution in [2.24, 2.45) is 0 Å². The molecule has 1 aliphatic heterocycles. The second-order valence-corrected chi connectivity index (χ2v) is 6.34. The number of hydrogen-bond donors (Lipinski definition) is 1. The monoisotopic (exact) mass is 366 g/mol. The fourth-order valence-electron chi connectivity index (χ4n) is 2.94. The van der Waals surface area contributed by atoms with Gasteiger partial charge in [0.1, 0.15) is 23.4 Å². The molecule has 0 saturated carbocycles. The van der Waals surface area contributed by atoms with Crippen molar-refractivity contribution in [3.8, 4) is 23.3 Å². The summed E-state index contributed by atoms with van der Waals surface area (Å²) < 4.78 is 16.9. The van der Waals surface area contributed by atoms with E-state index in [4.69, 9.17) is 19.5 Å². The minimum absolute atomic E-state index is 0.118. The number of benzene rings is 2. The van der Waals surface area contributed by atoms with Crippen LogP contribution in [-0.2, 0) is 17.6 Å². The molecule has 0 aliphatic carbocycles. The number of amides is 1. The van der Waals surface area contributed by atoms with E-state index in [2.05, 4.69) is 11.4 Å². The van der Waals surface area contributed by atoms with Crippen molar-refractivity contribution < 1.29 is 19.0 Å². The predicted octanol–water partition coefficient (Wildman–Crippen LogP) is 3.49. The highest BCUT2D eigenvalue weighted by Crippen LogP contribution is 2.38. The van der Waals surface area contributed by atoms with Crippen molar-refractivity contribution >= 4 is 11.6 Å². The summed E-state index contributed by atoms with van der Waals surface area (Å²) in [6.07, 6.45) is 1.29. The van der Waals surface area contributed by atoms with Gasteiger partial charge in [-0.05, 0) is 37.6 Å². The lowest BCUT2D eigenvalue weighted by atomic mass is 10.1. The molecule has 6 nitrogen and oxygen atoms in total. The maximum Gasteiger partial charge on any atom is 0.262 e. The number of nitriles is 1. The van der Waals surface area contributed by atoms with Crippen LogP contribution in [0.3, 0.4) is 0 Å². The molecule has 1 heterocycles. The van der Waals surface area contributed by atoms with Crippen LogP contribution in [0.4, 0.5) is 5.69 Å². The molecule has 0 radical (unpaired) electrons. The Hall–Kier alpha value is -3.20. The van der Waals surface area contributed by atoms with Gasteiger partial charge in [0.15, 0.2) is 6.61 Å². The molecule has 1 unspecified atom stereocenters. The Morgan fingerprint density at radius 2 is 2.07 bits per heavy atom. The summed E-state index contributed by atoms with van der Waals surface area (Å²) in [5.74, 6) is 1.68. The molecule has 2 aromatic rings. The number of carbonyl (C=O) groups is 1. The zero-order valence-corrected chi connectivity index (χ0v) is 15.5. The standard InChI is InChI=1S/C21H22N2O4/c1-3-25-20-11-16-10-14(2)27-19(16)12-18(20)23-21(24)13-26-17-6-4-15(5-7-17)8-9-22/h4-7,11-12,14H,3,8,10,13H2,1-2H3,(H,23,24). The van der Waals surface area contributed by atoms with Crippen LogP contribution in [0.2, 0.25) is 0 Å². The smallest absolute Gasteiger partial charge is 0.262 e. The largest absolute Gasteiger partial charge is 0.492 e. The van der Waals surface area contributed by atoms with Gasteiger partial charge in [0.2, 0.25) is 0 Å². The van der Waals surface area contributed by atoms with Gasteiger partial charge in [-0.25, -0.2) is 0 Å². The molecule has 1 amide bonds. The van der Waals surface area contributed by atoms with E-state index in [1.807, 2.05) is 32.0 Å². The zero-order valence-electron chi connectivity index (χ0n) is 15.5. The lowest BCUT2D eigenvalue weighted by Crippen LogP contribution is -2.20. The van der Waals surface area contributed by atoms with Crippen LogP contribution in [0, 0.1) is 11.3 Å². The Morgan fingerprint density at radius 1 is 1.30 bits per heavy atom. The molecular weight excluding hydrogens is 344 g/mol.